The van der Waals surface area contributed by atoms with E-state index in [4.69, 9.17) is 10.5 Å². The molecule has 1 aromatic heterocycles. The van der Waals surface area contributed by atoms with Gasteiger partial charge in [-0.2, -0.15) is 0 Å². The van der Waals surface area contributed by atoms with Gasteiger partial charge in [-0.3, -0.25) is 0 Å². The molecule has 1 unspecified atom stereocenters. The maximum atomic E-state index is 12.4. The molecule has 1 saturated carbocycles. The van der Waals surface area contributed by atoms with Crippen molar-refractivity contribution in [2.75, 3.05) is 13.7 Å². The minimum atomic E-state index is -3.56. The van der Waals surface area contributed by atoms with Gasteiger partial charge in [0.1, 0.15) is 5.75 Å². The van der Waals surface area contributed by atoms with Crippen LogP contribution in [0.2, 0.25) is 0 Å². The van der Waals surface area contributed by atoms with Crippen molar-refractivity contribution < 1.29 is 13.2 Å². The smallest absolute Gasteiger partial charge is 0.254 e. The van der Waals surface area contributed by atoms with E-state index in [9.17, 15) is 8.42 Å². The van der Waals surface area contributed by atoms with Gasteiger partial charge < -0.3 is 10.5 Å². The largest absolute Gasteiger partial charge is 0.494 e. The molecule has 21 heavy (non-hydrogen) atoms. The van der Waals surface area contributed by atoms with E-state index < -0.39 is 10.0 Å². The van der Waals surface area contributed by atoms with Crippen LogP contribution in [-0.4, -0.2) is 28.1 Å². The maximum Gasteiger partial charge on any atom is 0.254 e. The summed E-state index contributed by atoms with van der Waals surface area (Å²) in [6.45, 7) is 0.331. The Kier molecular flexibility index (Phi) is 7.42. The van der Waals surface area contributed by atoms with Gasteiger partial charge in [0.05, 0.1) is 7.11 Å². The van der Waals surface area contributed by atoms with Gasteiger partial charge in [0, 0.05) is 12.6 Å². The number of hydrogen-bond acceptors (Lipinski definition) is 5. The van der Waals surface area contributed by atoms with Crippen LogP contribution in [-0.2, 0) is 10.0 Å². The Hall–Kier alpha value is -0.340. The average Bonchev–Trinajstić information content (AvgIpc) is 2.95. The Bertz CT molecular complexity index is 527. The topological polar surface area (TPSA) is 81.4 Å². The monoisotopic (exact) mass is 354 g/mol. The Morgan fingerprint density at radius 2 is 2.10 bits per heavy atom. The van der Waals surface area contributed by atoms with E-state index >= 15 is 0 Å². The highest BCUT2D eigenvalue weighted by Gasteiger charge is 2.29. The third-order valence-electron chi connectivity index (χ3n) is 3.84. The van der Waals surface area contributed by atoms with Crippen LogP contribution >= 0.6 is 23.7 Å². The SMILES string of the molecule is COc1ccsc1S(=O)(=O)NC(CN)C1CCCCC1.Cl. The van der Waals surface area contributed by atoms with Gasteiger partial charge >= 0.3 is 0 Å². The molecular formula is C13H23ClN2O3S2. The molecule has 1 aromatic rings. The van der Waals surface area contributed by atoms with Crippen molar-refractivity contribution in [3.8, 4) is 5.75 Å². The van der Waals surface area contributed by atoms with Crippen LogP contribution in [0.25, 0.3) is 0 Å². The van der Waals surface area contributed by atoms with Gasteiger partial charge in [-0.25, -0.2) is 13.1 Å². The molecule has 1 heterocycles. The van der Waals surface area contributed by atoms with Crippen molar-refractivity contribution in [2.24, 2.45) is 11.7 Å². The molecule has 1 fully saturated rings. The van der Waals surface area contributed by atoms with Crippen LogP contribution in [0.3, 0.4) is 0 Å². The quantitative estimate of drug-likeness (QED) is 0.821. The van der Waals surface area contributed by atoms with E-state index in [0.717, 1.165) is 37.0 Å². The van der Waals surface area contributed by atoms with Crippen molar-refractivity contribution in [2.45, 2.75) is 42.4 Å². The zero-order chi connectivity index (χ0) is 14.6. The van der Waals surface area contributed by atoms with E-state index in [0.29, 0.717) is 18.2 Å². The number of methoxy groups -OCH3 is 1. The van der Waals surface area contributed by atoms with Crippen LogP contribution in [0.1, 0.15) is 32.1 Å². The number of thiophene rings is 1. The Labute approximate surface area is 136 Å². The van der Waals surface area contributed by atoms with Gasteiger partial charge in [-0.05, 0) is 30.2 Å². The second kappa shape index (κ2) is 8.33. The highest BCUT2D eigenvalue weighted by atomic mass is 35.5. The highest BCUT2D eigenvalue weighted by Crippen LogP contribution is 2.31. The summed E-state index contributed by atoms with van der Waals surface area (Å²) in [5.74, 6) is 0.733. The second-order valence-corrected chi connectivity index (χ2v) is 7.96. The molecule has 0 spiro atoms. The Balaban J connectivity index is 0.00000220. The fourth-order valence-electron chi connectivity index (χ4n) is 2.76. The number of halogens is 1. The first kappa shape index (κ1) is 18.7. The molecule has 0 aliphatic heterocycles. The molecule has 122 valence electrons. The molecule has 1 aliphatic carbocycles. The van der Waals surface area contributed by atoms with Crippen LogP contribution < -0.4 is 15.2 Å². The van der Waals surface area contributed by atoms with Crippen LogP contribution in [0.4, 0.5) is 0 Å². The molecule has 0 amide bonds. The van der Waals surface area contributed by atoms with E-state index in [2.05, 4.69) is 4.72 Å². The summed E-state index contributed by atoms with van der Waals surface area (Å²) in [6.07, 6.45) is 5.65. The third kappa shape index (κ3) is 4.56. The number of rotatable bonds is 6. The van der Waals surface area contributed by atoms with E-state index in [-0.39, 0.29) is 22.7 Å². The molecule has 0 aromatic carbocycles. The number of nitrogens with two attached hydrogens (primary N) is 1. The molecular weight excluding hydrogens is 332 g/mol. The molecule has 8 heteroatoms. The summed E-state index contributed by atoms with van der Waals surface area (Å²) in [7, 11) is -2.08. The lowest BCUT2D eigenvalue weighted by Crippen LogP contribution is -2.45. The number of ether oxygens (including phenoxy) is 1. The summed E-state index contributed by atoms with van der Waals surface area (Å²) in [6, 6.07) is 1.48. The molecule has 0 radical (unpaired) electrons. The average molecular weight is 355 g/mol. The molecule has 3 N–H and O–H groups in total. The molecule has 1 atom stereocenters. The molecule has 1 aliphatic rings. The Morgan fingerprint density at radius 3 is 2.67 bits per heavy atom. The molecule has 0 saturated heterocycles. The summed E-state index contributed by atoms with van der Waals surface area (Å²) in [4.78, 5) is 0. The number of hydrogen-bond donors (Lipinski definition) is 2. The van der Waals surface area contributed by atoms with Crippen LogP contribution in [0, 0.1) is 5.92 Å². The van der Waals surface area contributed by atoms with E-state index in [1.807, 2.05) is 0 Å². The standard InChI is InChI=1S/C13H22N2O3S2.ClH/c1-18-12-7-8-19-13(12)20(16,17)15-11(9-14)10-5-3-2-4-6-10;/h7-8,10-11,15H,2-6,9,14H2,1H3;1H. The predicted molar refractivity (Wildman–Crippen MR) is 87.9 cm³/mol. The fourth-order valence-corrected chi connectivity index (χ4v) is 5.37. The first-order chi connectivity index (χ1) is 9.58. The summed E-state index contributed by atoms with van der Waals surface area (Å²) in [5.41, 5.74) is 5.78. The van der Waals surface area contributed by atoms with Crippen molar-refractivity contribution in [3.05, 3.63) is 11.4 Å². The van der Waals surface area contributed by atoms with Crippen molar-refractivity contribution in [3.63, 3.8) is 0 Å². The minimum absolute atomic E-state index is 0. The van der Waals surface area contributed by atoms with Crippen LogP contribution in [0.5, 0.6) is 5.75 Å². The maximum absolute atomic E-state index is 12.4. The summed E-state index contributed by atoms with van der Waals surface area (Å²) < 4.78 is 33.0. The van der Waals surface area contributed by atoms with Crippen LogP contribution in [0.15, 0.2) is 15.7 Å². The molecule has 5 nitrogen and oxygen atoms in total. The second-order valence-electron chi connectivity index (χ2n) is 5.14. The predicted octanol–water partition coefficient (Wildman–Crippen LogP) is 2.36. The lowest BCUT2D eigenvalue weighted by atomic mass is 9.84. The highest BCUT2D eigenvalue weighted by molar-refractivity contribution is 7.91. The first-order valence-electron chi connectivity index (χ1n) is 6.92. The lowest BCUT2D eigenvalue weighted by Gasteiger charge is -2.29. The normalized spacial score (nSPS) is 18.0. The third-order valence-corrected chi connectivity index (χ3v) is 6.78. The van der Waals surface area contributed by atoms with E-state index in [1.54, 1.807) is 11.4 Å². The fraction of sp³-hybridized carbons (Fsp3) is 0.692. The molecule has 0 bridgehead atoms. The van der Waals surface area contributed by atoms with Gasteiger partial charge in [0.25, 0.3) is 10.0 Å². The molecule has 2 rings (SSSR count). The van der Waals surface area contributed by atoms with Gasteiger partial charge in [-0.15, -0.1) is 23.7 Å². The minimum Gasteiger partial charge on any atom is -0.494 e. The zero-order valence-corrected chi connectivity index (χ0v) is 14.5. The van der Waals surface area contributed by atoms with Gasteiger partial charge in [0.15, 0.2) is 4.21 Å². The van der Waals surface area contributed by atoms with Gasteiger partial charge in [-0.1, -0.05) is 19.3 Å². The van der Waals surface area contributed by atoms with Crippen molar-refractivity contribution in [1.29, 1.82) is 0 Å². The van der Waals surface area contributed by atoms with E-state index in [1.165, 1.54) is 13.5 Å². The number of sulfonamides is 1. The zero-order valence-electron chi connectivity index (χ0n) is 12.1. The lowest BCUT2D eigenvalue weighted by molar-refractivity contribution is 0.294. The number of nitrogens with one attached hydrogen (secondary N) is 1. The summed E-state index contributed by atoms with van der Waals surface area (Å²) in [5, 5.41) is 1.71. The van der Waals surface area contributed by atoms with Crippen molar-refractivity contribution in [1.82, 2.24) is 4.72 Å². The van der Waals surface area contributed by atoms with Crippen molar-refractivity contribution >= 4 is 33.8 Å². The Morgan fingerprint density at radius 1 is 1.43 bits per heavy atom. The first-order valence-corrected chi connectivity index (χ1v) is 9.28. The summed E-state index contributed by atoms with van der Waals surface area (Å²) >= 11 is 1.16. The van der Waals surface area contributed by atoms with Gasteiger partial charge in [0.2, 0.25) is 0 Å².